The summed E-state index contributed by atoms with van der Waals surface area (Å²) in [4.78, 5) is 18.4. The van der Waals surface area contributed by atoms with Crippen molar-refractivity contribution in [3.05, 3.63) is 23.8 Å². The number of Topliss-reactive ketones (excluding diaryl/α,β-unsaturated/α-hetero) is 1. The van der Waals surface area contributed by atoms with Crippen LogP contribution in [0.25, 0.3) is 0 Å². The number of benzene rings is 1. The van der Waals surface area contributed by atoms with Crippen molar-refractivity contribution < 1.29 is 9.53 Å². The first kappa shape index (κ1) is 15.7. The second-order valence-electron chi connectivity index (χ2n) is 8.59. The number of anilines is 1. The van der Waals surface area contributed by atoms with Gasteiger partial charge in [0.15, 0.2) is 5.78 Å². The number of fused-ring (bicyclic) bond motifs is 1. The number of carbonyl (C=O) groups is 1. The van der Waals surface area contributed by atoms with Gasteiger partial charge in [0, 0.05) is 36.7 Å². The van der Waals surface area contributed by atoms with E-state index >= 15 is 0 Å². The molecule has 1 aromatic rings. The summed E-state index contributed by atoms with van der Waals surface area (Å²) in [5.41, 5.74) is 2.74. The van der Waals surface area contributed by atoms with Gasteiger partial charge in [0.05, 0.1) is 13.2 Å². The molecule has 0 unspecified atom stereocenters. The molecule has 1 aliphatic carbocycles. The van der Waals surface area contributed by atoms with Crippen LogP contribution >= 0.6 is 0 Å². The monoisotopic (exact) mass is 340 g/mol. The number of likely N-dealkylation sites (N-methyl/N-ethyl adjacent to an activating group) is 1. The van der Waals surface area contributed by atoms with E-state index in [1.807, 2.05) is 0 Å². The van der Waals surface area contributed by atoms with E-state index < -0.39 is 0 Å². The number of hydrogen-bond donors (Lipinski definition) is 0. The summed E-state index contributed by atoms with van der Waals surface area (Å²) in [6, 6.07) is 6.99. The molecule has 0 N–H and O–H groups in total. The fourth-order valence-electron chi connectivity index (χ4n) is 7.02. The smallest absolute Gasteiger partial charge is 0.156 e. The first-order valence-corrected chi connectivity index (χ1v) is 9.75. The summed E-state index contributed by atoms with van der Waals surface area (Å²) in [6.07, 6.45) is 5.43. The van der Waals surface area contributed by atoms with Gasteiger partial charge in [-0.3, -0.25) is 9.69 Å². The SMILES string of the molecule is CC[C@]12CCCN3CC[C@@]4(c5ccc(OC)cc5N(C)[C@H]4C(=O)C1)[C@@H]32. The molecular weight excluding hydrogens is 312 g/mol. The van der Waals surface area contributed by atoms with Crippen molar-refractivity contribution in [1.82, 2.24) is 4.90 Å². The van der Waals surface area contributed by atoms with Crippen LogP contribution in [0, 0.1) is 5.41 Å². The molecule has 25 heavy (non-hydrogen) atoms. The summed E-state index contributed by atoms with van der Waals surface area (Å²) in [7, 11) is 3.83. The van der Waals surface area contributed by atoms with Crippen molar-refractivity contribution in [3.8, 4) is 5.75 Å². The number of rotatable bonds is 2. The van der Waals surface area contributed by atoms with Crippen LogP contribution in [-0.4, -0.2) is 50.0 Å². The van der Waals surface area contributed by atoms with E-state index in [4.69, 9.17) is 4.74 Å². The molecule has 1 spiro atoms. The van der Waals surface area contributed by atoms with Gasteiger partial charge in [-0.1, -0.05) is 13.0 Å². The maximum Gasteiger partial charge on any atom is 0.156 e. The Morgan fingerprint density at radius 2 is 2.12 bits per heavy atom. The summed E-state index contributed by atoms with van der Waals surface area (Å²) < 4.78 is 5.47. The molecule has 0 bridgehead atoms. The van der Waals surface area contributed by atoms with E-state index in [9.17, 15) is 4.79 Å². The lowest BCUT2D eigenvalue weighted by Gasteiger charge is -2.57. The van der Waals surface area contributed by atoms with Crippen molar-refractivity contribution >= 4 is 11.5 Å². The highest BCUT2D eigenvalue weighted by molar-refractivity contribution is 5.95. The van der Waals surface area contributed by atoms with E-state index in [2.05, 4.69) is 42.0 Å². The summed E-state index contributed by atoms with van der Waals surface area (Å²) in [5, 5.41) is 0. The molecule has 4 aliphatic rings. The van der Waals surface area contributed by atoms with Crippen LogP contribution in [0.3, 0.4) is 0 Å². The second-order valence-corrected chi connectivity index (χ2v) is 8.59. The lowest BCUT2D eigenvalue weighted by molar-refractivity contribution is -0.134. The second kappa shape index (κ2) is 5.00. The van der Waals surface area contributed by atoms with Crippen LogP contribution < -0.4 is 9.64 Å². The van der Waals surface area contributed by atoms with Crippen LogP contribution in [0.5, 0.6) is 5.75 Å². The number of ether oxygens (including phenoxy) is 1. The molecule has 3 heterocycles. The Hall–Kier alpha value is -1.55. The van der Waals surface area contributed by atoms with Gasteiger partial charge in [-0.25, -0.2) is 0 Å². The van der Waals surface area contributed by atoms with Crippen molar-refractivity contribution in [2.24, 2.45) is 5.41 Å². The standard InChI is InChI=1S/C21H28N2O2/c1-4-20-8-5-10-23-11-9-21(19(20)23)15-7-6-14(25-3)12-16(15)22(2)18(21)17(24)13-20/h6-7,12,18-19H,4-5,8-11,13H2,1-3H3/t18-,19-,20-,21-/m0/s1. The Balaban J connectivity index is 1.75. The number of methoxy groups -OCH3 is 1. The van der Waals surface area contributed by atoms with Gasteiger partial charge >= 0.3 is 0 Å². The van der Waals surface area contributed by atoms with Crippen molar-refractivity contribution in [3.63, 3.8) is 0 Å². The molecule has 0 amide bonds. The Labute approximate surface area is 150 Å². The molecule has 0 aromatic heterocycles. The topological polar surface area (TPSA) is 32.8 Å². The number of piperidine rings is 1. The van der Waals surface area contributed by atoms with Gasteiger partial charge in [-0.2, -0.15) is 0 Å². The van der Waals surface area contributed by atoms with E-state index in [1.54, 1.807) is 7.11 Å². The van der Waals surface area contributed by atoms with E-state index in [-0.39, 0.29) is 16.9 Å². The summed E-state index contributed by atoms with van der Waals surface area (Å²) >= 11 is 0. The minimum atomic E-state index is -0.0257. The number of hydrogen-bond acceptors (Lipinski definition) is 4. The number of ketones is 1. The Bertz CT molecular complexity index is 747. The maximum absolute atomic E-state index is 13.4. The quantitative estimate of drug-likeness (QED) is 0.829. The van der Waals surface area contributed by atoms with Crippen LogP contribution in [0.1, 0.15) is 44.6 Å². The lowest BCUT2D eigenvalue weighted by Crippen LogP contribution is -2.67. The molecule has 1 saturated carbocycles. The predicted molar refractivity (Wildman–Crippen MR) is 98.4 cm³/mol. The minimum Gasteiger partial charge on any atom is -0.497 e. The van der Waals surface area contributed by atoms with Crippen molar-refractivity contribution in [2.75, 3.05) is 32.1 Å². The average molecular weight is 340 g/mol. The van der Waals surface area contributed by atoms with Gasteiger partial charge in [0.25, 0.3) is 0 Å². The summed E-state index contributed by atoms with van der Waals surface area (Å²) in [6.45, 7) is 4.64. The van der Waals surface area contributed by atoms with Gasteiger partial charge in [-0.05, 0) is 55.8 Å². The van der Waals surface area contributed by atoms with Crippen LogP contribution in [-0.2, 0) is 10.2 Å². The highest BCUT2D eigenvalue weighted by Crippen LogP contribution is 2.64. The van der Waals surface area contributed by atoms with Crippen LogP contribution in [0.15, 0.2) is 18.2 Å². The molecule has 3 aliphatic heterocycles. The molecule has 0 radical (unpaired) electrons. The Kier molecular flexibility index (Phi) is 3.14. The van der Waals surface area contributed by atoms with Crippen LogP contribution in [0.4, 0.5) is 5.69 Å². The fourth-order valence-corrected chi connectivity index (χ4v) is 7.02. The third-order valence-electron chi connectivity index (χ3n) is 7.86. The molecule has 3 fully saturated rings. The normalized spacial score (nSPS) is 39.2. The molecule has 4 nitrogen and oxygen atoms in total. The molecular formula is C21H28N2O2. The largest absolute Gasteiger partial charge is 0.497 e. The van der Waals surface area contributed by atoms with Gasteiger partial charge in [-0.15, -0.1) is 0 Å². The zero-order valence-corrected chi connectivity index (χ0v) is 15.5. The molecule has 5 rings (SSSR count). The maximum atomic E-state index is 13.4. The first-order valence-electron chi connectivity index (χ1n) is 9.75. The third kappa shape index (κ3) is 1.69. The molecule has 1 aromatic carbocycles. The van der Waals surface area contributed by atoms with E-state index in [0.29, 0.717) is 11.8 Å². The van der Waals surface area contributed by atoms with E-state index in [1.165, 1.54) is 30.6 Å². The number of nitrogens with zero attached hydrogens (tertiary/aromatic N) is 2. The van der Waals surface area contributed by atoms with Gasteiger partial charge < -0.3 is 9.64 Å². The zero-order chi connectivity index (χ0) is 17.4. The summed E-state index contributed by atoms with van der Waals surface area (Å²) in [5.74, 6) is 1.34. The Morgan fingerprint density at radius 1 is 1.28 bits per heavy atom. The molecule has 4 heteroatoms. The van der Waals surface area contributed by atoms with Crippen LogP contribution in [0.2, 0.25) is 0 Å². The Morgan fingerprint density at radius 3 is 2.88 bits per heavy atom. The number of carbonyl (C=O) groups excluding carboxylic acids is 1. The molecule has 4 atom stereocenters. The third-order valence-corrected chi connectivity index (χ3v) is 7.86. The molecule has 134 valence electrons. The van der Waals surface area contributed by atoms with Crippen molar-refractivity contribution in [1.29, 1.82) is 0 Å². The van der Waals surface area contributed by atoms with E-state index in [0.717, 1.165) is 31.6 Å². The zero-order valence-electron chi connectivity index (χ0n) is 15.5. The first-order chi connectivity index (χ1) is 12.1. The van der Waals surface area contributed by atoms with Crippen molar-refractivity contribution in [2.45, 2.75) is 56.5 Å². The van der Waals surface area contributed by atoms with Gasteiger partial charge in [0.1, 0.15) is 5.75 Å². The molecule has 2 saturated heterocycles. The lowest BCUT2D eigenvalue weighted by atomic mass is 9.52. The minimum absolute atomic E-state index is 0.00220. The predicted octanol–water partition coefficient (Wildman–Crippen LogP) is 2.99. The highest BCUT2D eigenvalue weighted by atomic mass is 16.5. The highest BCUT2D eigenvalue weighted by Gasteiger charge is 2.69. The fraction of sp³-hybridized carbons (Fsp3) is 0.667. The van der Waals surface area contributed by atoms with Gasteiger partial charge in [0.2, 0.25) is 0 Å². The average Bonchev–Trinajstić information content (AvgIpc) is 3.13.